The van der Waals surface area contributed by atoms with Crippen LogP contribution in [0.25, 0.3) is 11.1 Å². The SMILES string of the molecule is COc1ccc(-c2ccc(Cl)cc2Cl)cc1CN. The van der Waals surface area contributed by atoms with Gasteiger partial charge in [0.2, 0.25) is 0 Å². The second-order valence-corrected chi connectivity index (χ2v) is 4.70. The first kappa shape index (κ1) is 13.2. The predicted molar refractivity (Wildman–Crippen MR) is 76.3 cm³/mol. The first-order valence-electron chi connectivity index (χ1n) is 5.48. The van der Waals surface area contributed by atoms with E-state index in [0.29, 0.717) is 16.6 Å². The van der Waals surface area contributed by atoms with Gasteiger partial charge in [-0.25, -0.2) is 0 Å². The molecular formula is C14H13Cl2NO. The maximum atomic E-state index is 6.19. The number of hydrogen-bond acceptors (Lipinski definition) is 2. The molecule has 0 fully saturated rings. The molecule has 0 saturated heterocycles. The Morgan fingerprint density at radius 2 is 1.89 bits per heavy atom. The summed E-state index contributed by atoms with van der Waals surface area (Å²) >= 11 is 12.1. The van der Waals surface area contributed by atoms with Crippen molar-refractivity contribution in [1.29, 1.82) is 0 Å². The van der Waals surface area contributed by atoms with Gasteiger partial charge in [0.1, 0.15) is 5.75 Å². The van der Waals surface area contributed by atoms with Gasteiger partial charge in [-0.15, -0.1) is 0 Å². The molecule has 2 rings (SSSR count). The van der Waals surface area contributed by atoms with Gasteiger partial charge in [0.25, 0.3) is 0 Å². The van der Waals surface area contributed by atoms with E-state index >= 15 is 0 Å². The second kappa shape index (κ2) is 5.61. The van der Waals surface area contributed by atoms with Gasteiger partial charge in [-0.05, 0) is 29.8 Å². The fraction of sp³-hybridized carbons (Fsp3) is 0.143. The lowest BCUT2D eigenvalue weighted by Crippen LogP contribution is -2.00. The van der Waals surface area contributed by atoms with Gasteiger partial charge in [0.05, 0.1) is 7.11 Å². The van der Waals surface area contributed by atoms with Crippen molar-refractivity contribution in [2.75, 3.05) is 7.11 Å². The van der Waals surface area contributed by atoms with Gasteiger partial charge in [0, 0.05) is 27.7 Å². The predicted octanol–water partition coefficient (Wildman–Crippen LogP) is 4.13. The van der Waals surface area contributed by atoms with E-state index in [4.69, 9.17) is 33.7 Å². The molecule has 0 unspecified atom stereocenters. The number of ether oxygens (including phenoxy) is 1. The lowest BCUT2D eigenvalue weighted by molar-refractivity contribution is 0.410. The fourth-order valence-corrected chi connectivity index (χ4v) is 2.35. The summed E-state index contributed by atoms with van der Waals surface area (Å²) in [6.45, 7) is 0.419. The highest BCUT2D eigenvalue weighted by Gasteiger charge is 2.08. The van der Waals surface area contributed by atoms with Crippen LogP contribution in [0, 0.1) is 0 Å². The van der Waals surface area contributed by atoms with Gasteiger partial charge in [0.15, 0.2) is 0 Å². The number of halogens is 2. The minimum Gasteiger partial charge on any atom is -0.496 e. The molecule has 0 heterocycles. The van der Waals surface area contributed by atoms with Crippen LogP contribution in [0.1, 0.15) is 5.56 Å². The Kier molecular flexibility index (Phi) is 4.12. The van der Waals surface area contributed by atoms with Crippen LogP contribution in [0.15, 0.2) is 36.4 Å². The van der Waals surface area contributed by atoms with Crippen LogP contribution in [0.3, 0.4) is 0 Å². The summed E-state index contributed by atoms with van der Waals surface area (Å²) in [7, 11) is 1.63. The van der Waals surface area contributed by atoms with Crippen molar-refractivity contribution in [2.45, 2.75) is 6.54 Å². The normalized spacial score (nSPS) is 10.4. The topological polar surface area (TPSA) is 35.2 Å². The molecule has 0 bridgehead atoms. The standard InChI is InChI=1S/C14H13Cl2NO/c1-18-14-5-2-9(6-10(14)8-17)12-4-3-11(15)7-13(12)16/h2-7H,8,17H2,1H3. The number of methoxy groups -OCH3 is 1. The Labute approximate surface area is 116 Å². The average Bonchev–Trinajstić information content (AvgIpc) is 2.38. The molecule has 0 aliphatic rings. The minimum atomic E-state index is 0.419. The molecule has 0 aliphatic heterocycles. The quantitative estimate of drug-likeness (QED) is 0.918. The highest BCUT2D eigenvalue weighted by atomic mass is 35.5. The zero-order chi connectivity index (χ0) is 13.1. The molecule has 0 amide bonds. The molecule has 0 atom stereocenters. The molecule has 0 radical (unpaired) electrons. The van der Waals surface area contributed by atoms with Crippen LogP contribution in [0.2, 0.25) is 10.0 Å². The smallest absolute Gasteiger partial charge is 0.123 e. The molecule has 0 aliphatic carbocycles. The van der Waals surface area contributed by atoms with Crippen LogP contribution < -0.4 is 10.5 Å². The van der Waals surface area contributed by atoms with Crippen LogP contribution in [-0.2, 0) is 6.54 Å². The zero-order valence-corrected chi connectivity index (χ0v) is 11.4. The van der Waals surface area contributed by atoms with E-state index in [1.54, 1.807) is 13.2 Å². The van der Waals surface area contributed by atoms with E-state index < -0.39 is 0 Å². The number of benzene rings is 2. The van der Waals surface area contributed by atoms with Gasteiger partial charge in [-0.3, -0.25) is 0 Å². The zero-order valence-electron chi connectivity index (χ0n) is 9.91. The Hall–Kier alpha value is -1.22. The summed E-state index contributed by atoms with van der Waals surface area (Å²) < 4.78 is 5.24. The minimum absolute atomic E-state index is 0.419. The van der Waals surface area contributed by atoms with Crippen molar-refractivity contribution in [3.63, 3.8) is 0 Å². The Balaban J connectivity index is 2.51. The van der Waals surface area contributed by atoms with Gasteiger partial charge < -0.3 is 10.5 Å². The summed E-state index contributed by atoms with van der Waals surface area (Å²) in [5, 5.41) is 1.24. The molecular weight excluding hydrogens is 269 g/mol. The summed E-state index contributed by atoms with van der Waals surface area (Å²) in [4.78, 5) is 0. The monoisotopic (exact) mass is 281 g/mol. The van der Waals surface area contributed by atoms with Crippen molar-refractivity contribution in [3.8, 4) is 16.9 Å². The summed E-state index contributed by atoms with van der Waals surface area (Å²) in [6, 6.07) is 11.3. The third kappa shape index (κ3) is 2.61. The maximum absolute atomic E-state index is 6.19. The second-order valence-electron chi connectivity index (χ2n) is 3.85. The number of nitrogens with two attached hydrogens (primary N) is 1. The Bertz CT molecular complexity index is 570. The van der Waals surface area contributed by atoms with E-state index in [0.717, 1.165) is 22.4 Å². The van der Waals surface area contributed by atoms with Crippen molar-refractivity contribution < 1.29 is 4.74 Å². The van der Waals surface area contributed by atoms with Crippen LogP contribution in [0.4, 0.5) is 0 Å². The molecule has 18 heavy (non-hydrogen) atoms. The molecule has 4 heteroatoms. The summed E-state index contributed by atoms with van der Waals surface area (Å²) in [5.74, 6) is 0.784. The third-order valence-corrected chi connectivity index (χ3v) is 3.29. The van der Waals surface area contributed by atoms with Gasteiger partial charge >= 0.3 is 0 Å². The molecule has 0 spiro atoms. The highest BCUT2D eigenvalue weighted by Crippen LogP contribution is 2.32. The molecule has 2 aromatic rings. The van der Waals surface area contributed by atoms with Crippen molar-refractivity contribution >= 4 is 23.2 Å². The van der Waals surface area contributed by atoms with Crippen molar-refractivity contribution in [3.05, 3.63) is 52.0 Å². The molecule has 0 aromatic heterocycles. The number of hydrogen-bond donors (Lipinski definition) is 1. The Morgan fingerprint density at radius 1 is 1.11 bits per heavy atom. The molecule has 2 N–H and O–H groups in total. The fourth-order valence-electron chi connectivity index (χ4n) is 1.83. The lowest BCUT2D eigenvalue weighted by Gasteiger charge is -2.10. The summed E-state index contributed by atoms with van der Waals surface area (Å²) in [6.07, 6.45) is 0. The molecule has 0 saturated carbocycles. The summed E-state index contributed by atoms with van der Waals surface area (Å²) in [5.41, 5.74) is 8.57. The third-order valence-electron chi connectivity index (χ3n) is 2.74. The van der Waals surface area contributed by atoms with Crippen LogP contribution in [-0.4, -0.2) is 7.11 Å². The van der Waals surface area contributed by atoms with E-state index in [9.17, 15) is 0 Å². The largest absolute Gasteiger partial charge is 0.496 e. The van der Waals surface area contributed by atoms with E-state index in [1.165, 1.54) is 0 Å². The molecule has 94 valence electrons. The number of rotatable bonds is 3. The lowest BCUT2D eigenvalue weighted by atomic mass is 10.0. The van der Waals surface area contributed by atoms with E-state index in [-0.39, 0.29) is 0 Å². The highest BCUT2D eigenvalue weighted by molar-refractivity contribution is 6.36. The van der Waals surface area contributed by atoms with E-state index in [1.807, 2.05) is 30.3 Å². The first-order valence-corrected chi connectivity index (χ1v) is 6.23. The van der Waals surface area contributed by atoms with Crippen LogP contribution in [0.5, 0.6) is 5.75 Å². The Morgan fingerprint density at radius 3 is 2.50 bits per heavy atom. The maximum Gasteiger partial charge on any atom is 0.123 e. The molecule has 2 aromatic carbocycles. The first-order chi connectivity index (χ1) is 8.65. The molecule has 2 nitrogen and oxygen atoms in total. The van der Waals surface area contributed by atoms with Crippen molar-refractivity contribution in [1.82, 2.24) is 0 Å². The van der Waals surface area contributed by atoms with Gasteiger partial charge in [-0.2, -0.15) is 0 Å². The van der Waals surface area contributed by atoms with Gasteiger partial charge in [-0.1, -0.05) is 35.3 Å². The van der Waals surface area contributed by atoms with E-state index in [2.05, 4.69) is 0 Å². The average molecular weight is 282 g/mol. The van der Waals surface area contributed by atoms with Crippen molar-refractivity contribution in [2.24, 2.45) is 5.73 Å². The van der Waals surface area contributed by atoms with Crippen LogP contribution >= 0.6 is 23.2 Å².